The molecule has 0 unspecified atom stereocenters. The minimum absolute atomic E-state index is 0.00217. The van der Waals surface area contributed by atoms with Crippen LogP contribution in [-0.4, -0.2) is 21.8 Å². The summed E-state index contributed by atoms with van der Waals surface area (Å²) in [6.07, 6.45) is 3.62. The van der Waals surface area contributed by atoms with E-state index in [0.29, 0.717) is 47.5 Å². The number of carbonyl (C=O) groups is 2. The molecule has 2 aromatic heterocycles. The van der Waals surface area contributed by atoms with Crippen molar-refractivity contribution >= 4 is 17.5 Å². The molecule has 7 heteroatoms. The number of nitrogens with zero attached hydrogens (tertiary/aromatic N) is 2. The van der Waals surface area contributed by atoms with Crippen LogP contribution in [0.15, 0.2) is 53.2 Å². The Kier molecular flexibility index (Phi) is 6.39. The van der Waals surface area contributed by atoms with Crippen molar-refractivity contribution < 1.29 is 14.0 Å². The normalized spacial score (nSPS) is 10.8. The lowest BCUT2D eigenvalue weighted by molar-refractivity contribution is -0.121. The topological polar surface area (TPSA) is 97.1 Å². The molecule has 0 aliphatic carbocycles. The van der Waals surface area contributed by atoms with Crippen LogP contribution in [-0.2, 0) is 11.3 Å². The summed E-state index contributed by atoms with van der Waals surface area (Å²) in [6.45, 7) is 6.16. The lowest BCUT2D eigenvalue weighted by Crippen LogP contribution is -2.24. The van der Waals surface area contributed by atoms with E-state index in [9.17, 15) is 9.59 Å². The largest absolute Gasteiger partial charge is 0.441 e. The number of hydrogen-bond acceptors (Lipinski definition) is 5. The summed E-state index contributed by atoms with van der Waals surface area (Å²) in [4.78, 5) is 32.5. The summed E-state index contributed by atoms with van der Waals surface area (Å²) in [5.74, 6) is 1.22. The van der Waals surface area contributed by atoms with E-state index in [0.717, 1.165) is 5.56 Å². The van der Waals surface area contributed by atoms with E-state index in [4.69, 9.17) is 4.42 Å². The zero-order chi connectivity index (χ0) is 20.8. The number of nitrogens with one attached hydrogen (secondary N) is 2. The SMILES string of the molecule is Cc1oc(-c2ccc(NC(=O)c3cccnc3)cc2)nc1CNC(=O)CC(C)C. The third kappa shape index (κ3) is 5.51. The third-order valence-corrected chi connectivity index (χ3v) is 4.25. The molecule has 0 bridgehead atoms. The molecule has 150 valence electrons. The first-order valence-electron chi connectivity index (χ1n) is 9.47. The number of aromatic nitrogens is 2. The summed E-state index contributed by atoms with van der Waals surface area (Å²) in [5.41, 5.74) is 2.63. The summed E-state index contributed by atoms with van der Waals surface area (Å²) in [6, 6.07) is 10.6. The lowest BCUT2D eigenvalue weighted by atomic mass is 10.1. The van der Waals surface area contributed by atoms with E-state index < -0.39 is 0 Å². The van der Waals surface area contributed by atoms with Crippen LogP contribution in [0.5, 0.6) is 0 Å². The molecular formula is C22H24N4O3. The maximum Gasteiger partial charge on any atom is 0.257 e. The number of anilines is 1. The van der Waals surface area contributed by atoms with Crippen molar-refractivity contribution in [1.29, 1.82) is 0 Å². The fourth-order valence-corrected chi connectivity index (χ4v) is 2.74. The number of aryl methyl sites for hydroxylation is 1. The highest BCUT2D eigenvalue weighted by Crippen LogP contribution is 2.23. The second-order valence-corrected chi connectivity index (χ2v) is 7.17. The van der Waals surface area contributed by atoms with Gasteiger partial charge in [-0.3, -0.25) is 14.6 Å². The van der Waals surface area contributed by atoms with Crippen LogP contribution in [0.4, 0.5) is 5.69 Å². The molecule has 0 spiro atoms. The molecule has 7 nitrogen and oxygen atoms in total. The van der Waals surface area contributed by atoms with Crippen LogP contribution >= 0.6 is 0 Å². The molecular weight excluding hydrogens is 368 g/mol. The van der Waals surface area contributed by atoms with Crippen molar-refractivity contribution in [2.75, 3.05) is 5.32 Å². The average Bonchev–Trinajstić information content (AvgIpc) is 3.08. The molecule has 1 aromatic carbocycles. The van der Waals surface area contributed by atoms with Gasteiger partial charge in [0.2, 0.25) is 11.8 Å². The van der Waals surface area contributed by atoms with Gasteiger partial charge in [0.05, 0.1) is 12.1 Å². The Bertz CT molecular complexity index is 979. The van der Waals surface area contributed by atoms with E-state index in [2.05, 4.69) is 20.6 Å². The van der Waals surface area contributed by atoms with E-state index in [1.165, 1.54) is 6.20 Å². The summed E-state index contributed by atoms with van der Waals surface area (Å²) < 4.78 is 5.75. The predicted molar refractivity (Wildman–Crippen MR) is 110 cm³/mol. The summed E-state index contributed by atoms with van der Waals surface area (Å²) >= 11 is 0. The van der Waals surface area contributed by atoms with Crippen LogP contribution in [0.2, 0.25) is 0 Å². The van der Waals surface area contributed by atoms with Gasteiger partial charge in [-0.1, -0.05) is 13.8 Å². The highest BCUT2D eigenvalue weighted by molar-refractivity contribution is 6.04. The molecule has 0 saturated heterocycles. The average molecular weight is 392 g/mol. The van der Waals surface area contributed by atoms with E-state index in [1.54, 1.807) is 30.5 Å². The number of hydrogen-bond donors (Lipinski definition) is 2. The van der Waals surface area contributed by atoms with Crippen LogP contribution in [0.25, 0.3) is 11.5 Å². The fraction of sp³-hybridized carbons (Fsp3) is 0.273. The minimum Gasteiger partial charge on any atom is -0.441 e. The van der Waals surface area contributed by atoms with Crippen LogP contribution < -0.4 is 10.6 Å². The van der Waals surface area contributed by atoms with Crippen molar-refractivity contribution in [3.8, 4) is 11.5 Å². The molecule has 0 fully saturated rings. The maximum atomic E-state index is 12.2. The molecule has 29 heavy (non-hydrogen) atoms. The van der Waals surface area contributed by atoms with Gasteiger partial charge >= 0.3 is 0 Å². The summed E-state index contributed by atoms with van der Waals surface area (Å²) in [7, 11) is 0. The predicted octanol–water partition coefficient (Wildman–Crippen LogP) is 3.96. The second-order valence-electron chi connectivity index (χ2n) is 7.17. The minimum atomic E-state index is -0.225. The fourth-order valence-electron chi connectivity index (χ4n) is 2.74. The van der Waals surface area contributed by atoms with Crippen LogP contribution in [0.1, 0.15) is 42.1 Å². The van der Waals surface area contributed by atoms with Crippen molar-refractivity contribution in [2.24, 2.45) is 5.92 Å². The third-order valence-electron chi connectivity index (χ3n) is 4.25. The maximum absolute atomic E-state index is 12.2. The van der Waals surface area contributed by atoms with Gasteiger partial charge < -0.3 is 15.1 Å². The van der Waals surface area contributed by atoms with Gasteiger partial charge in [-0.15, -0.1) is 0 Å². The molecule has 0 aliphatic rings. The number of rotatable bonds is 7. The Balaban J connectivity index is 1.64. The van der Waals surface area contributed by atoms with Gasteiger partial charge in [0.25, 0.3) is 5.91 Å². The highest BCUT2D eigenvalue weighted by atomic mass is 16.4. The molecule has 0 aliphatic heterocycles. The summed E-state index contributed by atoms with van der Waals surface area (Å²) in [5, 5.41) is 5.69. The van der Waals surface area contributed by atoms with Gasteiger partial charge in [0, 0.05) is 30.1 Å². The first-order valence-corrected chi connectivity index (χ1v) is 9.47. The zero-order valence-electron chi connectivity index (χ0n) is 16.7. The molecule has 3 aromatic rings. The van der Waals surface area contributed by atoms with Gasteiger partial charge in [-0.05, 0) is 49.2 Å². The smallest absolute Gasteiger partial charge is 0.257 e. The molecule has 0 radical (unpaired) electrons. The first kappa shape index (κ1) is 20.3. The Morgan fingerprint density at radius 1 is 1.14 bits per heavy atom. The molecule has 0 saturated carbocycles. The Morgan fingerprint density at radius 2 is 1.90 bits per heavy atom. The van der Waals surface area contributed by atoms with Gasteiger partial charge in [-0.2, -0.15) is 0 Å². The highest BCUT2D eigenvalue weighted by Gasteiger charge is 2.13. The van der Waals surface area contributed by atoms with Gasteiger partial charge in [-0.25, -0.2) is 4.98 Å². The molecule has 3 rings (SSSR count). The number of carbonyl (C=O) groups excluding carboxylic acids is 2. The second kappa shape index (κ2) is 9.14. The molecule has 0 atom stereocenters. The molecule has 2 heterocycles. The van der Waals surface area contributed by atoms with E-state index >= 15 is 0 Å². The van der Waals surface area contributed by atoms with Crippen molar-refractivity contribution in [2.45, 2.75) is 33.7 Å². The number of benzene rings is 1. The Labute approximate surface area is 169 Å². The Morgan fingerprint density at radius 3 is 2.55 bits per heavy atom. The number of pyridine rings is 1. The van der Waals surface area contributed by atoms with Crippen LogP contribution in [0.3, 0.4) is 0 Å². The number of oxazole rings is 1. The first-order chi connectivity index (χ1) is 13.9. The molecule has 2 amide bonds. The monoisotopic (exact) mass is 392 g/mol. The lowest BCUT2D eigenvalue weighted by Gasteiger charge is -2.05. The van der Waals surface area contributed by atoms with E-state index in [-0.39, 0.29) is 11.8 Å². The Hall–Kier alpha value is -3.48. The zero-order valence-corrected chi connectivity index (χ0v) is 16.7. The van der Waals surface area contributed by atoms with Gasteiger partial charge in [0.1, 0.15) is 11.5 Å². The van der Waals surface area contributed by atoms with E-state index in [1.807, 2.05) is 32.9 Å². The number of amides is 2. The quantitative estimate of drug-likeness (QED) is 0.634. The van der Waals surface area contributed by atoms with Crippen molar-refractivity contribution in [1.82, 2.24) is 15.3 Å². The van der Waals surface area contributed by atoms with Crippen LogP contribution in [0, 0.1) is 12.8 Å². The standard InChI is InChI=1S/C22H24N4O3/c1-14(2)11-20(27)24-13-19-15(3)29-22(26-19)16-6-8-18(9-7-16)25-21(28)17-5-4-10-23-12-17/h4-10,12,14H,11,13H2,1-3H3,(H,24,27)(H,25,28). The molecule has 2 N–H and O–H groups in total. The van der Waals surface area contributed by atoms with Gasteiger partial charge in [0.15, 0.2) is 0 Å². The van der Waals surface area contributed by atoms with Crippen molar-refractivity contribution in [3.05, 3.63) is 65.8 Å². The van der Waals surface area contributed by atoms with Crippen molar-refractivity contribution in [3.63, 3.8) is 0 Å².